The van der Waals surface area contributed by atoms with E-state index >= 15 is 0 Å². The molecule has 0 saturated carbocycles. The van der Waals surface area contributed by atoms with Gasteiger partial charge in [-0.3, -0.25) is 9.40 Å². The van der Waals surface area contributed by atoms with Crippen molar-refractivity contribution in [3.8, 4) is 0 Å². The van der Waals surface area contributed by atoms with Crippen LogP contribution in [0.25, 0.3) is 0 Å². The monoisotopic (exact) mass is 363 g/mol. The van der Waals surface area contributed by atoms with Gasteiger partial charge in [-0.2, -0.15) is 5.10 Å². The number of anilines is 1. The summed E-state index contributed by atoms with van der Waals surface area (Å²) in [5.41, 5.74) is 2.90. The minimum absolute atomic E-state index is 0.0709. The van der Waals surface area contributed by atoms with Crippen molar-refractivity contribution in [3.05, 3.63) is 40.7 Å². The van der Waals surface area contributed by atoms with Crippen LogP contribution in [0.1, 0.15) is 40.2 Å². The largest absolute Gasteiger partial charge is 0.464 e. The molecule has 134 valence electrons. The highest BCUT2D eigenvalue weighted by Gasteiger charge is 2.26. The van der Waals surface area contributed by atoms with Crippen LogP contribution in [0, 0.1) is 6.92 Å². The Morgan fingerprint density at radius 2 is 1.92 bits per heavy atom. The number of aryl methyl sites for hydroxylation is 4. The van der Waals surface area contributed by atoms with E-state index in [1.807, 2.05) is 6.07 Å². The molecule has 0 amide bonds. The fourth-order valence-electron chi connectivity index (χ4n) is 3.18. The number of nitrogens with zero attached hydrogens (tertiary/aromatic N) is 2. The van der Waals surface area contributed by atoms with Crippen LogP contribution in [0.2, 0.25) is 0 Å². The van der Waals surface area contributed by atoms with Crippen LogP contribution in [0.5, 0.6) is 0 Å². The van der Waals surface area contributed by atoms with E-state index in [0.717, 1.165) is 31.2 Å². The van der Waals surface area contributed by atoms with Gasteiger partial charge in [0.1, 0.15) is 5.69 Å². The molecule has 0 radical (unpaired) electrons. The van der Waals surface area contributed by atoms with E-state index in [1.165, 1.54) is 17.4 Å². The molecule has 0 unspecified atom stereocenters. The van der Waals surface area contributed by atoms with E-state index in [0.29, 0.717) is 5.69 Å². The molecule has 1 aromatic carbocycles. The van der Waals surface area contributed by atoms with Crippen molar-refractivity contribution in [2.24, 2.45) is 7.05 Å². The van der Waals surface area contributed by atoms with Crippen molar-refractivity contribution in [3.63, 3.8) is 0 Å². The van der Waals surface area contributed by atoms with Crippen molar-refractivity contribution in [2.75, 3.05) is 11.8 Å². The number of rotatable bonds is 4. The summed E-state index contributed by atoms with van der Waals surface area (Å²) in [5.74, 6) is -0.647. The number of aromatic nitrogens is 2. The predicted octanol–water partition coefficient (Wildman–Crippen LogP) is 2.19. The van der Waals surface area contributed by atoms with Crippen molar-refractivity contribution in [1.29, 1.82) is 0 Å². The Labute approximate surface area is 147 Å². The number of nitrogens with one attached hydrogen (secondary N) is 1. The van der Waals surface area contributed by atoms with Crippen LogP contribution in [0.3, 0.4) is 0 Å². The first kappa shape index (κ1) is 17.5. The van der Waals surface area contributed by atoms with Gasteiger partial charge in [-0.15, -0.1) is 0 Å². The third-order valence-corrected chi connectivity index (χ3v) is 5.82. The lowest BCUT2D eigenvalue weighted by Crippen LogP contribution is -2.18. The van der Waals surface area contributed by atoms with E-state index in [4.69, 9.17) is 4.74 Å². The number of carbonyl (C=O) groups excluding carboxylic acids is 1. The van der Waals surface area contributed by atoms with E-state index in [-0.39, 0.29) is 16.3 Å². The number of carbonyl (C=O) groups is 1. The van der Waals surface area contributed by atoms with Gasteiger partial charge in [0.05, 0.1) is 17.7 Å². The van der Waals surface area contributed by atoms with Crippen molar-refractivity contribution < 1.29 is 17.9 Å². The van der Waals surface area contributed by atoms with Gasteiger partial charge in [0.25, 0.3) is 10.0 Å². The Morgan fingerprint density at radius 1 is 1.24 bits per heavy atom. The van der Waals surface area contributed by atoms with Gasteiger partial charge < -0.3 is 4.74 Å². The smallest absolute Gasteiger partial charge is 0.358 e. The summed E-state index contributed by atoms with van der Waals surface area (Å²) < 4.78 is 34.2. The molecule has 0 bridgehead atoms. The standard InChI is InChI=1S/C17H21N3O4S/c1-11-15(16(17(21)24-3)20(2)18-11)19-25(22,23)14-9-8-12-6-4-5-7-13(12)10-14/h8-10,19H,4-7H2,1-3H3. The molecule has 3 rings (SSSR count). The zero-order valence-electron chi connectivity index (χ0n) is 14.5. The molecule has 7 nitrogen and oxygen atoms in total. The molecular weight excluding hydrogens is 342 g/mol. The first-order valence-corrected chi connectivity index (χ1v) is 9.58. The van der Waals surface area contributed by atoms with Crippen molar-refractivity contribution in [1.82, 2.24) is 9.78 Å². The van der Waals surface area contributed by atoms with Crippen LogP contribution >= 0.6 is 0 Å². The quantitative estimate of drug-likeness (QED) is 0.841. The molecule has 25 heavy (non-hydrogen) atoms. The molecule has 8 heteroatoms. The molecule has 0 atom stereocenters. The second-order valence-electron chi connectivity index (χ2n) is 6.17. The number of benzene rings is 1. The van der Waals surface area contributed by atoms with Crippen LogP contribution in [-0.2, 0) is 34.6 Å². The number of hydrogen-bond acceptors (Lipinski definition) is 5. The summed E-state index contributed by atoms with van der Waals surface area (Å²) in [7, 11) is -1.02. The summed E-state index contributed by atoms with van der Waals surface area (Å²) in [6, 6.07) is 5.21. The van der Waals surface area contributed by atoms with Gasteiger partial charge in [-0.05, 0) is 55.9 Å². The lowest BCUT2D eigenvalue weighted by atomic mass is 9.92. The SMILES string of the molecule is COC(=O)c1c(NS(=O)(=O)c2ccc3c(c2)CCCC3)c(C)nn1C. The number of sulfonamides is 1. The molecule has 0 spiro atoms. The molecule has 0 fully saturated rings. The highest BCUT2D eigenvalue weighted by atomic mass is 32.2. The van der Waals surface area contributed by atoms with Crippen LogP contribution in [-0.4, -0.2) is 31.3 Å². The maximum absolute atomic E-state index is 12.8. The van der Waals surface area contributed by atoms with Gasteiger partial charge in [0.15, 0.2) is 5.69 Å². The average molecular weight is 363 g/mol. The van der Waals surface area contributed by atoms with Crippen LogP contribution in [0.4, 0.5) is 5.69 Å². The third-order valence-electron chi connectivity index (χ3n) is 4.47. The van der Waals surface area contributed by atoms with E-state index in [2.05, 4.69) is 9.82 Å². The fraction of sp³-hybridized carbons (Fsp3) is 0.412. The number of fused-ring (bicyclic) bond motifs is 1. The molecule has 1 aliphatic rings. The third kappa shape index (κ3) is 3.26. The molecule has 1 aromatic heterocycles. The Balaban J connectivity index is 1.99. The fourth-order valence-corrected chi connectivity index (χ4v) is 4.36. The summed E-state index contributed by atoms with van der Waals surface area (Å²) in [6.45, 7) is 1.64. The molecule has 1 aliphatic carbocycles. The number of hydrogen-bond donors (Lipinski definition) is 1. The Kier molecular flexibility index (Phi) is 4.55. The van der Waals surface area contributed by atoms with Gasteiger partial charge >= 0.3 is 5.97 Å². The first-order valence-electron chi connectivity index (χ1n) is 8.10. The second-order valence-corrected chi connectivity index (χ2v) is 7.85. The summed E-state index contributed by atoms with van der Waals surface area (Å²) in [5, 5.41) is 4.12. The molecule has 1 N–H and O–H groups in total. The maximum atomic E-state index is 12.8. The Bertz CT molecular complexity index is 932. The molecule has 0 aliphatic heterocycles. The van der Waals surface area contributed by atoms with Crippen molar-refractivity contribution >= 4 is 21.7 Å². The number of ether oxygens (including phenoxy) is 1. The molecule has 0 saturated heterocycles. The average Bonchev–Trinajstić information content (AvgIpc) is 2.86. The molecular formula is C17H21N3O4S. The Hall–Kier alpha value is -2.35. The number of esters is 1. The highest BCUT2D eigenvalue weighted by molar-refractivity contribution is 7.92. The van der Waals surface area contributed by atoms with Crippen LogP contribution in [0.15, 0.2) is 23.1 Å². The highest BCUT2D eigenvalue weighted by Crippen LogP contribution is 2.27. The van der Waals surface area contributed by atoms with Gasteiger partial charge in [0.2, 0.25) is 0 Å². The lowest BCUT2D eigenvalue weighted by molar-refractivity contribution is 0.0589. The van der Waals surface area contributed by atoms with Crippen molar-refractivity contribution in [2.45, 2.75) is 37.5 Å². The van der Waals surface area contributed by atoms with E-state index in [1.54, 1.807) is 26.1 Å². The zero-order chi connectivity index (χ0) is 18.2. The summed E-state index contributed by atoms with van der Waals surface area (Å²) in [4.78, 5) is 12.2. The maximum Gasteiger partial charge on any atom is 0.358 e. The number of methoxy groups -OCH3 is 1. The Morgan fingerprint density at radius 3 is 2.60 bits per heavy atom. The van der Waals surface area contributed by atoms with Gasteiger partial charge in [0, 0.05) is 7.05 Å². The normalized spacial score (nSPS) is 14.0. The van der Waals surface area contributed by atoms with E-state index in [9.17, 15) is 13.2 Å². The zero-order valence-corrected chi connectivity index (χ0v) is 15.3. The summed E-state index contributed by atoms with van der Waals surface area (Å²) >= 11 is 0. The minimum atomic E-state index is -3.83. The van der Waals surface area contributed by atoms with Gasteiger partial charge in [-0.1, -0.05) is 6.07 Å². The van der Waals surface area contributed by atoms with E-state index < -0.39 is 16.0 Å². The second kappa shape index (κ2) is 6.51. The first-order chi connectivity index (χ1) is 11.8. The van der Waals surface area contributed by atoms with Gasteiger partial charge in [-0.25, -0.2) is 13.2 Å². The van der Waals surface area contributed by atoms with Crippen LogP contribution < -0.4 is 4.72 Å². The predicted molar refractivity (Wildman–Crippen MR) is 93.2 cm³/mol. The minimum Gasteiger partial charge on any atom is -0.464 e. The molecule has 2 aromatic rings. The lowest BCUT2D eigenvalue weighted by Gasteiger charge is -2.17. The molecule has 1 heterocycles. The topological polar surface area (TPSA) is 90.3 Å². The summed E-state index contributed by atoms with van der Waals surface area (Å²) in [6.07, 6.45) is 4.07.